The maximum atomic E-state index is 5.55. The fourth-order valence-electron chi connectivity index (χ4n) is 3.06. The Balaban J connectivity index is 1.80. The number of hydrogen-bond donors (Lipinski definition) is 1. The monoisotopic (exact) mass is 284 g/mol. The van der Waals surface area contributed by atoms with Crippen LogP contribution in [0.1, 0.15) is 31.2 Å². The van der Waals surface area contributed by atoms with E-state index in [0.717, 1.165) is 25.4 Å². The van der Waals surface area contributed by atoms with Crippen molar-refractivity contribution in [1.29, 1.82) is 0 Å². The molecular formula is C18H24N2O. The predicted octanol–water partition coefficient (Wildman–Crippen LogP) is 3.45. The Kier molecular flexibility index (Phi) is 4.42. The number of piperazine rings is 1. The summed E-state index contributed by atoms with van der Waals surface area (Å²) in [4.78, 5) is 2.54. The van der Waals surface area contributed by atoms with Gasteiger partial charge in [0, 0.05) is 25.2 Å². The van der Waals surface area contributed by atoms with Crippen molar-refractivity contribution in [3.05, 3.63) is 60.1 Å². The summed E-state index contributed by atoms with van der Waals surface area (Å²) in [5, 5.41) is 3.70. The largest absolute Gasteiger partial charge is 0.468 e. The normalized spacial score (nSPS) is 23.6. The molecule has 1 aromatic carbocycles. The molecule has 2 heterocycles. The topological polar surface area (TPSA) is 28.4 Å². The van der Waals surface area contributed by atoms with Gasteiger partial charge < -0.3 is 9.73 Å². The molecule has 3 nitrogen and oxygen atoms in total. The van der Waals surface area contributed by atoms with Crippen molar-refractivity contribution < 1.29 is 4.42 Å². The lowest BCUT2D eigenvalue weighted by Gasteiger charge is -2.41. The van der Waals surface area contributed by atoms with Gasteiger partial charge in [0.25, 0.3) is 0 Å². The highest BCUT2D eigenvalue weighted by atomic mass is 16.3. The molecule has 1 aromatic heterocycles. The first-order valence-electron chi connectivity index (χ1n) is 7.79. The molecule has 112 valence electrons. The molecule has 2 atom stereocenters. The highest BCUT2D eigenvalue weighted by molar-refractivity contribution is 5.20. The summed E-state index contributed by atoms with van der Waals surface area (Å²) in [5.74, 6) is 1.68. The molecule has 1 fully saturated rings. The van der Waals surface area contributed by atoms with Crippen LogP contribution in [-0.4, -0.2) is 24.0 Å². The van der Waals surface area contributed by atoms with E-state index in [1.165, 1.54) is 5.56 Å². The van der Waals surface area contributed by atoms with Gasteiger partial charge >= 0.3 is 0 Å². The number of hydrogen-bond acceptors (Lipinski definition) is 3. The Morgan fingerprint density at radius 2 is 2.00 bits per heavy atom. The molecule has 0 saturated carbocycles. The molecule has 0 aliphatic carbocycles. The maximum Gasteiger partial charge on any atom is 0.117 e. The lowest BCUT2D eigenvalue weighted by atomic mass is 9.96. The van der Waals surface area contributed by atoms with Gasteiger partial charge in [-0.15, -0.1) is 0 Å². The zero-order valence-electron chi connectivity index (χ0n) is 12.8. The molecule has 1 aliphatic heterocycles. The van der Waals surface area contributed by atoms with Gasteiger partial charge in [-0.05, 0) is 23.6 Å². The number of benzene rings is 1. The van der Waals surface area contributed by atoms with Crippen molar-refractivity contribution in [1.82, 2.24) is 10.2 Å². The maximum absolute atomic E-state index is 5.55. The van der Waals surface area contributed by atoms with Crippen molar-refractivity contribution in [2.75, 3.05) is 13.1 Å². The van der Waals surface area contributed by atoms with Crippen LogP contribution < -0.4 is 5.32 Å². The Hall–Kier alpha value is -1.58. The molecule has 0 radical (unpaired) electrons. The van der Waals surface area contributed by atoms with Crippen LogP contribution in [0.3, 0.4) is 0 Å². The van der Waals surface area contributed by atoms with Crippen LogP contribution in [0.25, 0.3) is 0 Å². The van der Waals surface area contributed by atoms with E-state index in [2.05, 4.69) is 60.5 Å². The summed E-state index contributed by atoms with van der Waals surface area (Å²) in [6.45, 7) is 7.49. The minimum atomic E-state index is 0.409. The summed E-state index contributed by atoms with van der Waals surface area (Å²) >= 11 is 0. The average Bonchev–Trinajstić information content (AvgIpc) is 3.01. The van der Waals surface area contributed by atoms with Crippen LogP contribution in [-0.2, 0) is 6.54 Å². The zero-order chi connectivity index (χ0) is 14.7. The number of rotatable bonds is 4. The van der Waals surface area contributed by atoms with Crippen molar-refractivity contribution in [2.24, 2.45) is 5.92 Å². The van der Waals surface area contributed by atoms with Crippen molar-refractivity contribution >= 4 is 0 Å². The first-order chi connectivity index (χ1) is 10.2. The predicted molar refractivity (Wildman–Crippen MR) is 84.9 cm³/mol. The summed E-state index contributed by atoms with van der Waals surface area (Å²) in [6, 6.07) is 15.7. The second-order valence-corrected chi connectivity index (χ2v) is 6.19. The van der Waals surface area contributed by atoms with E-state index >= 15 is 0 Å². The van der Waals surface area contributed by atoms with Crippen molar-refractivity contribution in [2.45, 2.75) is 32.5 Å². The van der Waals surface area contributed by atoms with Crippen LogP contribution in [0.2, 0.25) is 0 Å². The molecule has 1 aliphatic rings. The van der Waals surface area contributed by atoms with E-state index < -0.39 is 0 Å². The molecule has 21 heavy (non-hydrogen) atoms. The molecule has 2 aromatic rings. The van der Waals surface area contributed by atoms with E-state index in [4.69, 9.17) is 4.42 Å². The van der Waals surface area contributed by atoms with Crippen LogP contribution >= 0.6 is 0 Å². The molecule has 0 amide bonds. The lowest BCUT2D eigenvalue weighted by Crippen LogP contribution is -2.53. The number of nitrogens with one attached hydrogen (secondary N) is 1. The Labute approximate surface area is 127 Å². The molecule has 2 unspecified atom stereocenters. The van der Waals surface area contributed by atoms with E-state index in [-0.39, 0.29) is 0 Å². The third kappa shape index (κ3) is 3.36. The van der Waals surface area contributed by atoms with Gasteiger partial charge in [-0.2, -0.15) is 0 Å². The molecule has 1 N–H and O–H groups in total. The van der Waals surface area contributed by atoms with Crippen LogP contribution in [0.15, 0.2) is 53.1 Å². The minimum absolute atomic E-state index is 0.409. The van der Waals surface area contributed by atoms with Crippen molar-refractivity contribution in [3.63, 3.8) is 0 Å². The van der Waals surface area contributed by atoms with Crippen LogP contribution in [0.4, 0.5) is 0 Å². The summed E-state index contributed by atoms with van der Waals surface area (Å²) in [6.07, 6.45) is 1.76. The van der Waals surface area contributed by atoms with Crippen LogP contribution in [0.5, 0.6) is 0 Å². The summed E-state index contributed by atoms with van der Waals surface area (Å²) < 4.78 is 5.55. The van der Waals surface area contributed by atoms with Gasteiger partial charge in [0.1, 0.15) is 5.76 Å². The molecule has 0 spiro atoms. The third-order valence-electron chi connectivity index (χ3n) is 4.37. The summed E-state index contributed by atoms with van der Waals surface area (Å²) in [5.41, 5.74) is 1.37. The third-order valence-corrected chi connectivity index (χ3v) is 4.37. The molecular weight excluding hydrogens is 260 g/mol. The molecule has 0 bridgehead atoms. The van der Waals surface area contributed by atoms with Gasteiger partial charge in [-0.25, -0.2) is 0 Å². The van der Waals surface area contributed by atoms with Gasteiger partial charge in [0.2, 0.25) is 0 Å². The van der Waals surface area contributed by atoms with E-state index in [1.807, 2.05) is 6.07 Å². The SMILES string of the molecule is CC(C)C1CN(Cc2ccco2)C(c2ccccc2)CN1. The van der Waals surface area contributed by atoms with Gasteiger partial charge in [0.15, 0.2) is 0 Å². The fraction of sp³-hybridized carbons (Fsp3) is 0.444. The molecule has 1 saturated heterocycles. The standard InChI is InChI=1S/C18H24N2O/c1-14(2)17-13-20(12-16-9-6-10-21-16)18(11-19-17)15-7-4-3-5-8-15/h3-10,14,17-19H,11-13H2,1-2H3. The lowest BCUT2D eigenvalue weighted by molar-refractivity contribution is 0.0983. The average molecular weight is 284 g/mol. The fourth-order valence-corrected chi connectivity index (χ4v) is 3.06. The number of nitrogens with zero attached hydrogens (tertiary/aromatic N) is 1. The van der Waals surface area contributed by atoms with Crippen LogP contribution in [0, 0.1) is 5.92 Å². The van der Waals surface area contributed by atoms with Gasteiger partial charge in [0.05, 0.1) is 12.8 Å². The second kappa shape index (κ2) is 6.46. The second-order valence-electron chi connectivity index (χ2n) is 6.19. The molecule has 3 heteroatoms. The Morgan fingerprint density at radius 3 is 2.67 bits per heavy atom. The van der Waals surface area contributed by atoms with Gasteiger partial charge in [-0.1, -0.05) is 44.2 Å². The minimum Gasteiger partial charge on any atom is -0.468 e. The van der Waals surface area contributed by atoms with E-state index in [9.17, 15) is 0 Å². The number of furan rings is 1. The summed E-state index contributed by atoms with van der Waals surface area (Å²) in [7, 11) is 0. The van der Waals surface area contributed by atoms with E-state index in [0.29, 0.717) is 18.0 Å². The Morgan fingerprint density at radius 1 is 1.19 bits per heavy atom. The zero-order valence-corrected chi connectivity index (χ0v) is 12.8. The Bertz CT molecular complexity index is 536. The van der Waals surface area contributed by atoms with Crippen molar-refractivity contribution in [3.8, 4) is 0 Å². The van der Waals surface area contributed by atoms with Gasteiger partial charge in [-0.3, -0.25) is 4.90 Å². The quantitative estimate of drug-likeness (QED) is 0.932. The highest BCUT2D eigenvalue weighted by Gasteiger charge is 2.30. The smallest absolute Gasteiger partial charge is 0.117 e. The highest BCUT2D eigenvalue weighted by Crippen LogP contribution is 2.27. The first-order valence-corrected chi connectivity index (χ1v) is 7.79. The molecule has 3 rings (SSSR count). The van der Waals surface area contributed by atoms with E-state index in [1.54, 1.807) is 6.26 Å². The first kappa shape index (κ1) is 14.4.